The van der Waals surface area contributed by atoms with Crippen LogP contribution in [0.2, 0.25) is 5.02 Å². The highest BCUT2D eigenvalue weighted by Crippen LogP contribution is 2.26. The minimum absolute atomic E-state index is 0.308. The highest BCUT2D eigenvalue weighted by molar-refractivity contribution is 6.30. The van der Waals surface area contributed by atoms with E-state index in [-0.39, 0.29) is 0 Å². The van der Waals surface area contributed by atoms with Gasteiger partial charge in [-0.15, -0.1) is 0 Å². The Morgan fingerprint density at radius 3 is 2.85 bits per heavy atom. The third kappa shape index (κ3) is 1.51. The fourth-order valence-corrected chi connectivity index (χ4v) is 1.31. The van der Waals surface area contributed by atoms with Gasteiger partial charge in [0, 0.05) is 5.02 Å². The van der Waals surface area contributed by atoms with Crippen LogP contribution >= 0.6 is 11.6 Å². The van der Waals surface area contributed by atoms with Crippen LogP contribution in [0.15, 0.2) is 35.0 Å². The average Bonchev–Trinajstić information content (AvgIpc) is 2.51. The smallest absolute Gasteiger partial charge is 0.229 e. The van der Waals surface area contributed by atoms with Gasteiger partial charge >= 0.3 is 0 Å². The molecule has 0 radical (unpaired) electrons. The number of hydrogen-bond donors (Lipinski definition) is 1. The Morgan fingerprint density at radius 2 is 2.23 bits per heavy atom. The van der Waals surface area contributed by atoms with Crippen LogP contribution in [0.25, 0.3) is 11.1 Å². The van der Waals surface area contributed by atoms with E-state index < -0.39 is 0 Å². The molecule has 66 valence electrons. The first-order chi connectivity index (χ1) is 6.27. The molecule has 0 saturated heterocycles. The first kappa shape index (κ1) is 8.13. The number of nitrogen functional groups attached to an aromatic ring is 1. The van der Waals surface area contributed by atoms with Crippen molar-refractivity contribution in [2.75, 3.05) is 5.73 Å². The Labute approximate surface area is 80.1 Å². The summed E-state index contributed by atoms with van der Waals surface area (Å²) in [4.78, 5) is 0. The van der Waals surface area contributed by atoms with Crippen LogP contribution < -0.4 is 5.73 Å². The molecule has 0 aliphatic heterocycles. The van der Waals surface area contributed by atoms with E-state index in [1.165, 1.54) is 0 Å². The molecule has 2 aromatic rings. The lowest BCUT2D eigenvalue weighted by molar-refractivity contribution is 0.436. The molecule has 0 atom stereocenters. The highest BCUT2D eigenvalue weighted by atomic mass is 35.5. The normalized spacial score (nSPS) is 10.2. The lowest BCUT2D eigenvalue weighted by Crippen LogP contribution is -1.84. The summed E-state index contributed by atoms with van der Waals surface area (Å²) in [6, 6.07) is 7.36. The SMILES string of the molecule is Nc1oncc1-c1cccc(Cl)c1. The van der Waals surface area contributed by atoms with Crippen LogP contribution in [0.5, 0.6) is 0 Å². The van der Waals surface area contributed by atoms with Crippen molar-refractivity contribution in [3.63, 3.8) is 0 Å². The number of hydrogen-bond acceptors (Lipinski definition) is 3. The van der Waals surface area contributed by atoms with Gasteiger partial charge in [0.15, 0.2) is 0 Å². The second-order valence-corrected chi connectivity index (χ2v) is 3.05. The molecule has 0 fully saturated rings. The molecule has 1 heterocycles. The summed E-state index contributed by atoms with van der Waals surface area (Å²) in [6.45, 7) is 0. The molecule has 13 heavy (non-hydrogen) atoms. The van der Waals surface area contributed by atoms with Crippen molar-refractivity contribution in [3.8, 4) is 11.1 Å². The van der Waals surface area contributed by atoms with Crippen molar-refractivity contribution >= 4 is 17.5 Å². The summed E-state index contributed by atoms with van der Waals surface area (Å²) < 4.78 is 4.74. The van der Waals surface area contributed by atoms with Gasteiger partial charge in [-0.3, -0.25) is 0 Å². The summed E-state index contributed by atoms with van der Waals surface area (Å²) in [7, 11) is 0. The van der Waals surface area contributed by atoms with Crippen LogP contribution in [-0.4, -0.2) is 5.16 Å². The molecule has 0 unspecified atom stereocenters. The molecule has 0 amide bonds. The standard InChI is InChI=1S/C9H7ClN2O/c10-7-3-1-2-6(4-7)8-5-12-13-9(8)11/h1-5H,11H2. The number of benzene rings is 1. The van der Waals surface area contributed by atoms with Crippen molar-refractivity contribution in [2.45, 2.75) is 0 Å². The zero-order valence-corrected chi connectivity index (χ0v) is 7.45. The van der Waals surface area contributed by atoms with Gasteiger partial charge in [0.2, 0.25) is 5.88 Å². The molecule has 0 aliphatic rings. The number of anilines is 1. The average molecular weight is 195 g/mol. The fourth-order valence-electron chi connectivity index (χ4n) is 1.12. The highest BCUT2D eigenvalue weighted by Gasteiger charge is 2.06. The van der Waals surface area contributed by atoms with Crippen molar-refractivity contribution in [1.29, 1.82) is 0 Å². The molecule has 1 aromatic carbocycles. The number of aromatic nitrogens is 1. The van der Waals surface area contributed by atoms with Crippen LogP contribution in [0, 0.1) is 0 Å². The monoisotopic (exact) mass is 194 g/mol. The third-order valence-corrected chi connectivity index (χ3v) is 1.97. The van der Waals surface area contributed by atoms with E-state index in [4.69, 9.17) is 21.9 Å². The van der Waals surface area contributed by atoms with Gasteiger partial charge in [0.1, 0.15) is 0 Å². The zero-order chi connectivity index (χ0) is 9.26. The van der Waals surface area contributed by atoms with E-state index >= 15 is 0 Å². The molecule has 0 spiro atoms. The minimum Gasteiger partial charge on any atom is -0.367 e. The molecular formula is C9H7ClN2O. The van der Waals surface area contributed by atoms with Crippen LogP contribution in [0.3, 0.4) is 0 Å². The largest absolute Gasteiger partial charge is 0.367 e. The maximum Gasteiger partial charge on any atom is 0.229 e. The quantitative estimate of drug-likeness (QED) is 0.759. The van der Waals surface area contributed by atoms with Crippen molar-refractivity contribution in [2.24, 2.45) is 0 Å². The fraction of sp³-hybridized carbons (Fsp3) is 0. The van der Waals surface area contributed by atoms with E-state index in [0.29, 0.717) is 10.9 Å². The lowest BCUT2D eigenvalue weighted by Gasteiger charge is -1.97. The number of nitrogens with two attached hydrogens (primary N) is 1. The number of halogens is 1. The molecule has 4 heteroatoms. The van der Waals surface area contributed by atoms with Gasteiger partial charge in [0.25, 0.3) is 0 Å². The molecular weight excluding hydrogens is 188 g/mol. The molecule has 0 saturated carbocycles. The van der Waals surface area contributed by atoms with E-state index in [1.54, 1.807) is 12.3 Å². The molecule has 2 rings (SSSR count). The number of rotatable bonds is 1. The Balaban J connectivity index is 2.53. The van der Waals surface area contributed by atoms with Crippen LogP contribution in [0.1, 0.15) is 0 Å². The predicted molar refractivity (Wildman–Crippen MR) is 51.4 cm³/mol. The maximum absolute atomic E-state index is 5.82. The van der Waals surface area contributed by atoms with Gasteiger partial charge in [-0.25, -0.2) is 0 Å². The van der Waals surface area contributed by atoms with E-state index in [0.717, 1.165) is 11.1 Å². The van der Waals surface area contributed by atoms with Gasteiger partial charge in [-0.1, -0.05) is 28.9 Å². The predicted octanol–water partition coefficient (Wildman–Crippen LogP) is 2.58. The van der Waals surface area contributed by atoms with Crippen molar-refractivity contribution in [1.82, 2.24) is 5.16 Å². The molecule has 1 aromatic heterocycles. The Morgan fingerprint density at radius 1 is 1.38 bits per heavy atom. The zero-order valence-electron chi connectivity index (χ0n) is 6.70. The first-order valence-corrected chi connectivity index (χ1v) is 4.11. The van der Waals surface area contributed by atoms with Crippen LogP contribution in [0.4, 0.5) is 5.88 Å². The molecule has 2 N–H and O–H groups in total. The summed E-state index contributed by atoms with van der Waals surface area (Å²) in [6.07, 6.45) is 1.57. The summed E-state index contributed by atoms with van der Waals surface area (Å²) in [5.41, 5.74) is 7.23. The molecule has 3 nitrogen and oxygen atoms in total. The lowest BCUT2D eigenvalue weighted by atomic mass is 10.1. The summed E-state index contributed by atoms with van der Waals surface area (Å²) in [5.74, 6) is 0.308. The summed E-state index contributed by atoms with van der Waals surface area (Å²) >= 11 is 5.82. The second-order valence-electron chi connectivity index (χ2n) is 2.61. The molecule has 0 aliphatic carbocycles. The second kappa shape index (κ2) is 3.11. The summed E-state index contributed by atoms with van der Waals surface area (Å²) in [5, 5.41) is 4.25. The number of nitrogens with zero attached hydrogens (tertiary/aromatic N) is 1. The minimum atomic E-state index is 0.308. The van der Waals surface area contributed by atoms with E-state index in [9.17, 15) is 0 Å². The Bertz CT molecular complexity index is 425. The third-order valence-electron chi connectivity index (χ3n) is 1.73. The van der Waals surface area contributed by atoms with Gasteiger partial charge in [0.05, 0.1) is 11.8 Å². The Kier molecular flexibility index (Phi) is 1.94. The first-order valence-electron chi connectivity index (χ1n) is 3.73. The van der Waals surface area contributed by atoms with Gasteiger partial charge < -0.3 is 10.3 Å². The molecule has 0 bridgehead atoms. The maximum atomic E-state index is 5.82. The van der Waals surface area contributed by atoms with Gasteiger partial charge in [-0.05, 0) is 17.7 Å². The topological polar surface area (TPSA) is 52.0 Å². The van der Waals surface area contributed by atoms with Crippen LogP contribution in [-0.2, 0) is 0 Å². The van der Waals surface area contributed by atoms with Crippen molar-refractivity contribution in [3.05, 3.63) is 35.5 Å². The van der Waals surface area contributed by atoms with Crippen molar-refractivity contribution < 1.29 is 4.52 Å². The van der Waals surface area contributed by atoms with Gasteiger partial charge in [-0.2, -0.15) is 0 Å². The Hall–Kier alpha value is -1.48. The van der Waals surface area contributed by atoms with E-state index in [2.05, 4.69) is 5.16 Å². The van der Waals surface area contributed by atoms with E-state index in [1.807, 2.05) is 18.2 Å².